The van der Waals surface area contributed by atoms with Gasteiger partial charge in [0.1, 0.15) is 12.7 Å². The van der Waals surface area contributed by atoms with E-state index in [0.717, 1.165) is 19.4 Å². The molecular formula is C14H20N6O2. The number of rotatable bonds is 5. The number of hydrogen-bond acceptors (Lipinski definition) is 6. The van der Waals surface area contributed by atoms with Crippen LogP contribution >= 0.6 is 0 Å². The van der Waals surface area contributed by atoms with Crippen molar-refractivity contribution in [2.24, 2.45) is 0 Å². The molecule has 0 radical (unpaired) electrons. The second-order valence-corrected chi connectivity index (χ2v) is 5.80. The first-order valence-corrected chi connectivity index (χ1v) is 7.60. The van der Waals surface area contributed by atoms with E-state index in [0.29, 0.717) is 24.7 Å². The van der Waals surface area contributed by atoms with Crippen LogP contribution < -0.4 is 0 Å². The molecule has 0 N–H and O–H groups in total. The molecular weight excluding hydrogens is 284 g/mol. The van der Waals surface area contributed by atoms with Crippen molar-refractivity contribution in [1.29, 1.82) is 0 Å². The molecule has 1 amide bonds. The van der Waals surface area contributed by atoms with Crippen LogP contribution in [0, 0.1) is 0 Å². The minimum absolute atomic E-state index is 0.0699. The van der Waals surface area contributed by atoms with E-state index >= 15 is 0 Å². The third-order valence-corrected chi connectivity index (χ3v) is 3.84. The number of aryl methyl sites for hydroxylation is 1. The summed E-state index contributed by atoms with van der Waals surface area (Å²) in [5.41, 5.74) is 0. The zero-order chi connectivity index (χ0) is 15.5. The van der Waals surface area contributed by atoms with Crippen LogP contribution in [0.5, 0.6) is 0 Å². The third-order valence-electron chi connectivity index (χ3n) is 3.84. The first-order valence-electron chi connectivity index (χ1n) is 7.60. The highest BCUT2D eigenvalue weighted by atomic mass is 16.5. The molecule has 0 aromatic carbocycles. The van der Waals surface area contributed by atoms with Crippen LogP contribution in [-0.2, 0) is 11.3 Å². The summed E-state index contributed by atoms with van der Waals surface area (Å²) in [4.78, 5) is 22.6. The predicted octanol–water partition coefficient (Wildman–Crippen LogP) is 1.54. The molecule has 0 bridgehead atoms. The van der Waals surface area contributed by atoms with Gasteiger partial charge in [-0.2, -0.15) is 10.1 Å². The molecule has 0 saturated carbocycles. The van der Waals surface area contributed by atoms with E-state index < -0.39 is 0 Å². The van der Waals surface area contributed by atoms with Crippen LogP contribution in [-0.4, -0.2) is 42.3 Å². The van der Waals surface area contributed by atoms with Gasteiger partial charge in [-0.1, -0.05) is 19.0 Å². The summed E-state index contributed by atoms with van der Waals surface area (Å²) in [6, 6.07) is -0.0699. The van der Waals surface area contributed by atoms with Gasteiger partial charge in [0.15, 0.2) is 5.82 Å². The summed E-state index contributed by atoms with van der Waals surface area (Å²) in [7, 11) is 0. The third kappa shape index (κ3) is 3.00. The Labute approximate surface area is 128 Å². The van der Waals surface area contributed by atoms with Crippen LogP contribution in [0.3, 0.4) is 0 Å². The molecule has 0 spiro atoms. The van der Waals surface area contributed by atoms with Gasteiger partial charge in [-0.3, -0.25) is 9.48 Å². The number of aromatic nitrogens is 5. The van der Waals surface area contributed by atoms with Crippen molar-refractivity contribution < 1.29 is 9.32 Å². The van der Waals surface area contributed by atoms with E-state index in [1.54, 1.807) is 11.0 Å². The van der Waals surface area contributed by atoms with E-state index in [2.05, 4.69) is 20.2 Å². The summed E-state index contributed by atoms with van der Waals surface area (Å²) in [6.07, 6.45) is 5.32. The number of amides is 1. The molecule has 1 aliphatic rings. The van der Waals surface area contributed by atoms with Crippen LogP contribution in [0.1, 0.15) is 56.8 Å². The molecule has 8 nitrogen and oxygen atoms in total. The Balaban J connectivity index is 1.65. The number of nitrogens with zero attached hydrogens (tertiary/aromatic N) is 6. The zero-order valence-corrected chi connectivity index (χ0v) is 12.8. The summed E-state index contributed by atoms with van der Waals surface area (Å²) in [5, 5.41) is 8.06. The highest BCUT2D eigenvalue weighted by molar-refractivity contribution is 5.76. The lowest BCUT2D eigenvalue weighted by molar-refractivity contribution is -0.132. The molecule has 1 unspecified atom stereocenters. The molecule has 2 aromatic rings. The number of carbonyl (C=O) groups is 1. The Kier molecular flexibility index (Phi) is 4.17. The first kappa shape index (κ1) is 14.7. The van der Waals surface area contributed by atoms with E-state index in [9.17, 15) is 4.79 Å². The van der Waals surface area contributed by atoms with Gasteiger partial charge >= 0.3 is 0 Å². The Hall–Kier alpha value is -2.25. The van der Waals surface area contributed by atoms with Crippen LogP contribution in [0.25, 0.3) is 0 Å². The summed E-state index contributed by atoms with van der Waals surface area (Å²) in [6.45, 7) is 5.29. The Morgan fingerprint density at radius 1 is 1.50 bits per heavy atom. The molecule has 1 atom stereocenters. The fourth-order valence-corrected chi connectivity index (χ4v) is 2.65. The van der Waals surface area contributed by atoms with E-state index in [1.807, 2.05) is 18.7 Å². The molecule has 118 valence electrons. The van der Waals surface area contributed by atoms with Gasteiger partial charge < -0.3 is 9.42 Å². The van der Waals surface area contributed by atoms with Gasteiger partial charge in [0.2, 0.25) is 11.8 Å². The smallest absolute Gasteiger partial charge is 0.229 e. The molecule has 2 aromatic heterocycles. The van der Waals surface area contributed by atoms with Crippen molar-refractivity contribution in [3.63, 3.8) is 0 Å². The summed E-state index contributed by atoms with van der Waals surface area (Å²) < 4.78 is 6.92. The van der Waals surface area contributed by atoms with Crippen LogP contribution in [0.15, 0.2) is 17.2 Å². The molecule has 3 rings (SSSR count). The maximum atomic E-state index is 12.4. The summed E-state index contributed by atoms with van der Waals surface area (Å²) >= 11 is 0. The summed E-state index contributed by atoms with van der Waals surface area (Å²) in [5.74, 6) is 1.53. The van der Waals surface area contributed by atoms with Gasteiger partial charge in [0.25, 0.3) is 0 Å². The molecule has 0 aliphatic carbocycles. The van der Waals surface area contributed by atoms with Crippen molar-refractivity contribution in [3.05, 3.63) is 24.4 Å². The van der Waals surface area contributed by atoms with Crippen molar-refractivity contribution in [3.8, 4) is 0 Å². The Bertz CT molecular complexity index is 621. The van der Waals surface area contributed by atoms with Gasteiger partial charge in [0.05, 0.1) is 12.6 Å². The average Bonchev–Trinajstić information content (AvgIpc) is 3.23. The second-order valence-electron chi connectivity index (χ2n) is 5.80. The maximum absolute atomic E-state index is 12.4. The highest BCUT2D eigenvalue weighted by Crippen LogP contribution is 2.31. The monoisotopic (exact) mass is 304 g/mol. The molecule has 3 heterocycles. The minimum Gasteiger partial charge on any atom is -0.339 e. The van der Waals surface area contributed by atoms with Crippen molar-refractivity contribution in [2.45, 2.75) is 51.6 Å². The van der Waals surface area contributed by atoms with Crippen molar-refractivity contribution in [1.82, 2.24) is 29.8 Å². The van der Waals surface area contributed by atoms with E-state index in [4.69, 9.17) is 4.52 Å². The molecule has 8 heteroatoms. The lowest BCUT2D eigenvalue weighted by Crippen LogP contribution is -2.31. The lowest BCUT2D eigenvalue weighted by Gasteiger charge is -2.22. The van der Waals surface area contributed by atoms with Gasteiger partial charge in [0, 0.05) is 18.9 Å². The normalized spacial score (nSPS) is 18.3. The number of likely N-dealkylation sites (tertiary alicyclic amines) is 1. The molecule has 22 heavy (non-hydrogen) atoms. The standard InChI is InChI=1S/C14H20N6O2/c1-10(2)14-17-13(18-22-14)11-4-3-6-20(11)12(21)5-7-19-9-15-8-16-19/h8-11H,3-7H2,1-2H3. The van der Waals surface area contributed by atoms with Crippen LogP contribution in [0.4, 0.5) is 0 Å². The van der Waals surface area contributed by atoms with Gasteiger partial charge in [-0.05, 0) is 12.8 Å². The Morgan fingerprint density at radius 3 is 3.05 bits per heavy atom. The Morgan fingerprint density at radius 2 is 2.36 bits per heavy atom. The number of carbonyl (C=O) groups excluding carboxylic acids is 1. The van der Waals surface area contributed by atoms with E-state index in [-0.39, 0.29) is 17.9 Å². The topological polar surface area (TPSA) is 89.9 Å². The quantitative estimate of drug-likeness (QED) is 0.832. The van der Waals surface area contributed by atoms with E-state index in [1.165, 1.54) is 6.33 Å². The second kappa shape index (κ2) is 6.25. The fraction of sp³-hybridized carbons (Fsp3) is 0.643. The zero-order valence-electron chi connectivity index (χ0n) is 12.8. The molecule has 1 saturated heterocycles. The largest absolute Gasteiger partial charge is 0.339 e. The predicted molar refractivity (Wildman–Crippen MR) is 76.7 cm³/mol. The van der Waals surface area contributed by atoms with Crippen molar-refractivity contribution >= 4 is 5.91 Å². The fourth-order valence-electron chi connectivity index (χ4n) is 2.65. The van der Waals surface area contributed by atoms with Gasteiger partial charge in [-0.15, -0.1) is 0 Å². The minimum atomic E-state index is -0.0699. The van der Waals surface area contributed by atoms with Gasteiger partial charge in [-0.25, -0.2) is 4.98 Å². The SMILES string of the molecule is CC(C)c1nc(C2CCCN2C(=O)CCn2cncn2)no1. The highest BCUT2D eigenvalue weighted by Gasteiger charge is 2.33. The molecule has 1 fully saturated rings. The van der Waals surface area contributed by atoms with Crippen LogP contribution in [0.2, 0.25) is 0 Å². The van der Waals surface area contributed by atoms with Crippen molar-refractivity contribution in [2.75, 3.05) is 6.54 Å². The first-order chi connectivity index (χ1) is 10.6. The molecule has 1 aliphatic heterocycles. The number of hydrogen-bond donors (Lipinski definition) is 0. The lowest BCUT2D eigenvalue weighted by atomic mass is 10.2. The average molecular weight is 304 g/mol. The maximum Gasteiger partial charge on any atom is 0.229 e.